The van der Waals surface area contributed by atoms with E-state index in [9.17, 15) is 39.3 Å². The molecule has 1 aromatic heterocycles. The van der Waals surface area contributed by atoms with Gasteiger partial charge in [0.2, 0.25) is 0 Å². The summed E-state index contributed by atoms with van der Waals surface area (Å²) in [6.07, 6.45) is 15.3. The number of anilines is 1. The highest BCUT2D eigenvalue weighted by atomic mass is 35.5. The topological polar surface area (TPSA) is 257 Å². The van der Waals surface area contributed by atoms with Crippen LogP contribution >= 0.6 is 30.8 Å². The lowest BCUT2D eigenvalue weighted by molar-refractivity contribution is -0.392. The molecule has 0 bridgehead atoms. The molecular formula is C34H48Cl2N7O11PS. The summed E-state index contributed by atoms with van der Waals surface area (Å²) in [5, 5.41) is 40.4. The lowest BCUT2D eigenvalue weighted by Gasteiger charge is -2.17. The van der Waals surface area contributed by atoms with E-state index in [0.717, 1.165) is 37.9 Å². The van der Waals surface area contributed by atoms with Crippen LogP contribution < -0.4 is 26.0 Å². The second-order valence-corrected chi connectivity index (χ2v) is 17.4. The minimum absolute atomic E-state index is 0.0109. The average molecular weight is 865 g/mol. The molecule has 4 N–H and O–H groups in total. The Bertz CT molecular complexity index is 1970. The fraction of sp³-hybridized carbons (Fsp3) is 0.500. The molecule has 0 saturated heterocycles. The molecule has 1 atom stereocenters. The number of aryl methyl sites for hydroxylation is 2. The number of fused-ring (bicyclic) bond motifs is 1. The monoisotopic (exact) mass is 863 g/mol. The third-order valence-electron chi connectivity index (χ3n) is 7.61. The number of benzene rings is 2. The van der Waals surface area contributed by atoms with E-state index >= 15 is 0 Å². The number of carboxylic acid groups (broad SMARTS) is 1. The van der Waals surface area contributed by atoms with Crippen LogP contribution in [0.25, 0.3) is 5.69 Å². The number of terminal acetylenes is 1. The molecule has 3 aromatic rings. The molecule has 0 fully saturated rings. The molecule has 0 aliphatic carbocycles. The average Bonchev–Trinajstić information content (AvgIpc) is 3.43. The summed E-state index contributed by atoms with van der Waals surface area (Å²) in [6.45, 7) is 7.38. The zero-order valence-electron chi connectivity index (χ0n) is 32.2. The van der Waals surface area contributed by atoms with Crippen molar-refractivity contribution in [3.8, 4) is 23.8 Å². The molecule has 310 valence electrons. The molecule has 0 saturated carbocycles. The summed E-state index contributed by atoms with van der Waals surface area (Å²) in [5.74, 6) is 2.34. The van der Waals surface area contributed by atoms with Crippen molar-refractivity contribution < 1.29 is 38.8 Å². The molecular weight excluding hydrogens is 816 g/mol. The van der Waals surface area contributed by atoms with Crippen molar-refractivity contribution >= 4 is 64.7 Å². The highest BCUT2D eigenvalue weighted by Gasteiger charge is 2.30. The molecule has 0 amide bonds. The standard InChI is InChI=1S/C15H13Cl2N3O2.C13H19N3O4.C3H8NO5P.C3H9S/c1-2-7-22-13-9-12(10(16)8-11(13)17)20-15(21)19-6-4-3-5-14(19)18-20;1-5-10(6-2)14-12-11(15(17)18)7-8(3)9(4)13(12)16(19)20;5-3(6)1-4-2-10(7,8)9;1-4(2)3/h1,8-9H,3-7H2;7,10,14H,5-6H2,1-4H3;4H,1-2H2,(H,5,6)(H2,7,8,9);1-3H3/q;;;+1/p-1. The predicted molar refractivity (Wildman–Crippen MR) is 218 cm³/mol. The maximum atomic E-state index is 12.5. The summed E-state index contributed by atoms with van der Waals surface area (Å²) in [7, 11) is -3.71. The number of rotatable bonds is 13. The zero-order valence-corrected chi connectivity index (χ0v) is 35.4. The van der Waals surface area contributed by atoms with Gasteiger partial charge in [0, 0.05) is 36.7 Å². The molecule has 2 aromatic carbocycles. The Balaban J connectivity index is 0.000000424. The number of aromatic nitrogens is 3. The Morgan fingerprint density at radius 3 is 2.21 bits per heavy atom. The molecule has 4 rings (SSSR count). The number of nitro groups is 2. The van der Waals surface area contributed by atoms with Crippen molar-refractivity contribution in [3.63, 3.8) is 0 Å². The number of aliphatic carboxylic acids is 1. The van der Waals surface area contributed by atoms with Crippen LogP contribution in [-0.4, -0.2) is 84.4 Å². The minimum atomic E-state index is -4.35. The van der Waals surface area contributed by atoms with E-state index in [4.69, 9.17) is 44.4 Å². The van der Waals surface area contributed by atoms with Gasteiger partial charge >= 0.3 is 17.3 Å². The number of hydrogen-bond acceptors (Lipinski definition) is 12. The molecule has 18 nitrogen and oxygen atoms in total. The Kier molecular flexibility index (Phi) is 21.2. The molecule has 1 aliphatic rings. The second kappa shape index (κ2) is 23.8. The summed E-state index contributed by atoms with van der Waals surface area (Å²) in [4.78, 5) is 61.5. The van der Waals surface area contributed by atoms with Crippen LogP contribution in [0, 0.1) is 46.4 Å². The van der Waals surface area contributed by atoms with E-state index in [1.54, 1.807) is 24.5 Å². The number of nitrogens with one attached hydrogen (secondary N) is 2. The van der Waals surface area contributed by atoms with Crippen LogP contribution in [-0.2, 0) is 33.2 Å². The number of carbonyl (C=O) groups is 1. The van der Waals surface area contributed by atoms with Crippen LogP contribution in [0.5, 0.6) is 5.75 Å². The number of nitrogens with zero attached hydrogens (tertiary/aromatic N) is 5. The fourth-order valence-corrected chi connectivity index (χ4v) is 5.78. The minimum Gasteiger partial charge on any atom is -0.778 e. The Labute approximate surface area is 337 Å². The van der Waals surface area contributed by atoms with Gasteiger partial charge in [-0.05, 0) is 62.1 Å². The van der Waals surface area contributed by atoms with Crippen molar-refractivity contribution in [2.75, 3.05) is 43.5 Å². The zero-order chi connectivity index (χ0) is 42.9. The van der Waals surface area contributed by atoms with Crippen molar-refractivity contribution in [1.29, 1.82) is 0 Å². The quantitative estimate of drug-likeness (QED) is 0.0576. The fourth-order valence-electron chi connectivity index (χ4n) is 4.86. The van der Waals surface area contributed by atoms with Gasteiger partial charge in [-0.2, -0.15) is 4.68 Å². The number of ether oxygens (including phenoxy) is 1. The maximum Gasteiger partial charge on any atom is 0.350 e. The van der Waals surface area contributed by atoms with E-state index in [1.165, 1.54) is 16.8 Å². The SMILES string of the molecule is C#CCOc1cc(-n2nc3n(c2=O)CCCC3)c(Cl)cc1Cl.CCC(CC)Nc1c([N+](=O)[O-])cc(C)c(C)c1[N+](=O)[O-].C[S+](C)C.O=C(O)CNCP(=O)([O-])O. The van der Waals surface area contributed by atoms with Gasteiger partial charge < -0.3 is 29.5 Å². The van der Waals surface area contributed by atoms with Gasteiger partial charge in [0.1, 0.15) is 25.8 Å². The van der Waals surface area contributed by atoms with Crippen LogP contribution in [0.2, 0.25) is 10.0 Å². The normalized spacial score (nSPS) is 12.6. The first-order valence-corrected chi connectivity index (χ1v) is 21.9. The van der Waals surface area contributed by atoms with Gasteiger partial charge in [-0.25, -0.2) is 4.79 Å². The molecule has 2 heterocycles. The van der Waals surface area contributed by atoms with Crippen molar-refractivity contribution in [3.05, 3.63) is 75.9 Å². The summed E-state index contributed by atoms with van der Waals surface area (Å²) in [6, 6.07) is 4.46. The van der Waals surface area contributed by atoms with Crippen molar-refractivity contribution in [2.24, 2.45) is 0 Å². The molecule has 56 heavy (non-hydrogen) atoms. The van der Waals surface area contributed by atoms with E-state index in [-0.39, 0.29) is 35.4 Å². The number of carboxylic acids is 1. The third kappa shape index (κ3) is 16.1. The van der Waals surface area contributed by atoms with Crippen LogP contribution in [0.4, 0.5) is 17.1 Å². The smallest absolute Gasteiger partial charge is 0.350 e. The Hall–Kier alpha value is -4.15. The van der Waals surface area contributed by atoms with Gasteiger partial charge in [0.15, 0.2) is 5.69 Å². The first kappa shape index (κ1) is 49.9. The molecule has 1 unspecified atom stereocenters. The van der Waals surface area contributed by atoms with E-state index in [0.29, 0.717) is 50.0 Å². The molecule has 0 radical (unpaired) electrons. The summed E-state index contributed by atoms with van der Waals surface area (Å²) >= 11 is 12.3. The number of halogens is 2. The lowest BCUT2D eigenvalue weighted by atomic mass is 10.0. The van der Waals surface area contributed by atoms with Gasteiger partial charge in [-0.3, -0.25) is 34.9 Å². The number of nitro benzene ring substituents is 2. The number of hydrogen-bond donors (Lipinski definition) is 4. The van der Waals surface area contributed by atoms with Crippen molar-refractivity contribution in [2.45, 2.75) is 72.4 Å². The predicted octanol–water partition coefficient (Wildman–Crippen LogP) is 5.07. The second-order valence-electron chi connectivity index (χ2n) is 12.5. The third-order valence-corrected chi connectivity index (χ3v) is 8.83. The van der Waals surface area contributed by atoms with Gasteiger partial charge in [0.05, 0.1) is 57.2 Å². The van der Waals surface area contributed by atoms with E-state index < -0.39 is 36.2 Å². The van der Waals surface area contributed by atoms with Gasteiger partial charge in [-0.15, -0.1) is 11.5 Å². The molecule has 22 heteroatoms. The highest BCUT2D eigenvalue weighted by Crippen LogP contribution is 2.40. The maximum absolute atomic E-state index is 12.5. The Morgan fingerprint density at radius 2 is 1.73 bits per heavy atom. The van der Waals surface area contributed by atoms with E-state index in [2.05, 4.69) is 35.1 Å². The molecule has 0 spiro atoms. The lowest BCUT2D eigenvalue weighted by Crippen LogP contribution is -2.26. The van der Waals surface area contributed by atoms with Crippen LogP contribution in [0.1, 0.15) is 56.5 Å². The molecule has 1 aliphatic heterocycles. The first-order chi connectivity index (χ1) is 26.1. The first-order valence-electron chi connectivity index (χ1n) is 17.0. The van der Waals surface area contributed by atoms with Crippen LogP contribution in [0.15, 0.2) is 23.0 Å². The largest absolute Gasteiger partial charge is 0.778 e. The highest BCUT2D eigenvalue weighted by molar-refractivity contribution is 7.94. The Morgan fingerprint density at radius 1 is 1.12 bits per heavy atom. The summed E-state index contributed by atoms with van der Waals surface area (Å²) < 4.78 is 18.3. The van der Waals surface area contributed by atoms with Crippen LogP contribution in [0.3, 0.4) is 0 Å². The van der Waals surface area contributed by atoms with E-state index in [1.807, 2.05) is 19.2 Å². The van der Waals surface area contributed by atoms with Gasteiger partial charge in [0.25, 0.3) is 5.69 Å². The van der Waals surface area contributed by atoms with Crippen molar-refractivity contribution in [1.82, 2.24) is 19.7 Å². The summed E-state index contributed by atoms with van der Waals surface area (Å²) in [5.41, 5.74) is 0.784. The van der Waals surface area contributed by atoms with Gasteiger partial charge in [-0.1, -0.05) is 43.0 Å².